The first kappa shape index (κ1) is 22.4. The van der Waals surface area contributed by atoms with Crippen LogP contribution in [0.4, 0.5) is 0 Å². The van der Waals surface area contributed by atoms with Crippen molar-refractivity contribution in [3.63, 3.8) is 0 Å². The maximum Gasteiger partial charge on any atom is 0.230 e. The molecule has 1 fully saturated rings. The van der Waals surface area contributed by atoms with Crippen LogP contribution in [-0.4, -0.2) is 98.6 Å². The van der Waals surface area contributed by atoms with Crippen LogP contribution in [0, 0.1) is 0 Å². The van der Waals surface area contributed by atoms with E-state index in [0.717, 1.165) is 35.4 Å². The first-order valence-corrected chi connectivity index (χ1v) is 11.4. The van der Waals surface area contributed by atoms with Crippen molar-refractivity contribution in [3.05, 3.63) is 0 Å². The monoisotopic (exact) mass is 401 g/mol. The Labute approximate surface area is 155 Å². The van der Waals surface area contributed by atoms with Gasteiger partial charge in [-0.25, -0.2) is 0 Å². The Kier molecular flexibility index (Phi) is 11.8. The lowest BCUT2D eigenvalue weighted by Crippen LogP contribution is -2.57. The van der Waals surface area contributed by atoms with E-state index in [4.69, 9.17) is 9.84 Å². The van der Waals surface area contributed by atoms with Crippen LogP contribution in [0.1, 0.15) is 6.42 Å². The normalized spacial score (nSPS) is 30.3. The molecule has 0 aromatic rings. The molecular formula is C14H27NO6S3. The van der Waals surface area contributed by atoms with Crippen LogP contribution in [0.2, 0.25) is 0 Å². The molecule has 0 spiro atoms. The van der Waals surface area contributed by atoms with E-state index in [1.54, 1.807) is 11.8 Å². The first-order valence-electron chi connectivity index (χ1n) is 7.76. The number of aliphatic hydroxyl groups excluding tert-OH is 4. The standard InChI is InChI=1S/C14H27NO6S3/c1-22-4-2-5-23-6-3-15-10(17)8-24-14-13(20)12(19)11(18)9(7-16)21-14/h9,11-14,16,18-20H,2-8H2,1H3,(H,15,17)/t9?,11-,12?,13?,14-/m1/s1. The molecule has 0 bridgehead atoms. The van der Waals surface area contributed by atoms with Crippen molar-refractivity contribution in [1.29, 1.82) is 0 Å². The number of hydrogen-bond donors (Lipinski definition) is 5. The van der Waals surface area contributed by atoms with E-state index < -0.39 is 36.5 Å². The number of thioether (sulfide) groups is 3. The molecule has 1 aliphatic rings. The molecule has 0 aromatic heterocycles. The number of aliphatic hydroxyl groups is 4. The van der Waals surface area contributed by atoms with Gasteiger partial charge in [-0.1, -0.05) is 0 Å². The molecule has 0 aromatic carbocycles. The molecule has 1 amide bonds. The van der Waals surface area contributed by atoms with Crippen molar-refractivity contribution < 1.29 is 30.0 Å². The lowest BCUT2D eigenvalue weighted by Gasteiger charge is -2.39. The molecule has 0 saturated carbocycles. The Hall–Kier alpha value is 0.320. The predicted octanol–water partition coefficient (Wildman–Crippen LogP) is -0.878. The molecule has 0 aliphatic carbocycles. The minimum absolute atomic E-state index is 0.0693. The Bertz CT molecular complexity index is 363. The van der Waals surface area contributed by atoms with Crippen LogP contribution in [0.15, 0.2) is 0 Å². The molecular weight excluding hydrogens is 374 g/mol. The topological polar surface area (TPSA) is 119 Å². The fourth-order valence-electron chi connectivity index (χ4n) is 2.08. The second-order valence-corrected chi connectivity index (χ2v) is 8.61. The van der Waals surface area contributed by atoms with Crippen molar-refractivity contribution >= 4 is 41.2 Å². The van der Waals surface area contributed by atoms with Crippen LogP contribution < -0.4 is 5.32 Å². The lowest BCUT2D eigenvalue weighted by molar-refractivity contribution is -0.205. The summed E-state index contributed by atoms with van der Waals surface area (Å²) in [4.78, 5) is 11.8. The SMILES string of the molecule is CSCCCSCCNC(=O)CS[C@H]1OC(CO)[C@@H](O)C(O)C1O. The van der Waals surface area contributed by atoms with E-state index in [1.165, 1.54) is 0 Å². The quantitative estimate of drug-likeness (QED) is 0.281. The number of rotatable bonds is 11. The van der Waals surface area contributed by atoms with Gasteiger partial charge < -0.3 is 30.5 Å². The summed E-state index contributed by atoms with van der Waals surface area (Å²) in [5.41, 5.74) is -0.868. The molecule has 1 saturated heterocycles. The number of carbonyl (C=O) groups excluding carboxylic acids is 1. The third-order valence-corrected chi connectivity index (χ3v) is 6.35. The zero-order valence-electron chi connectivity index (χ0n) is 13.7. The highest BCUT2D eigenvalue weighted by atomic mass is 32.2. The molecule has 5 atom stereocenters. The van der Waals surface area contributed by atoms with Gasteiger partial charge in [0, 0.05) is 12.3 Å². The van der Waals surface area contributed by atoms with E-state index in [0.29, 0.717) is 6.54 Å². The molecule has 0 radical (unpaired) electrons. The van der Waals surface area contributed by atoms with Gasteiger partial charge in [0.05, 0.1) is 12.4 Å². The first-order chi connectivity index (χ1) is 11.5. The van der Waals surface area contributed by atoms with E-state index in [2.05, 4.69) is 11.6 Å². The van der Waals surface area contributed by atoms with Crippen LogP contribution in [0.25, 0.3) is 0 Å². The van der Waals surface area contributed by atoms with Gasteiger partial charge >= 0.3 is 0 Å². The summed E-state index contributed by atoms with van der Waals surface area (Å²) in [7, 11) is 0. The average molecular weight is 402 g/mol. The summed E-state index contributed by atoms with van der Waals surface area (Å²) in [6, 6.07) is 0. The van der Waals surface area contributed by atoms with Crippen molar-refractivity contribution in [1.82, 2.24) is 5.32 Å². The number of carbonyl (C=O) groups is 1. The maximum atomic E-state index is 11.8. The lowest BCUT2D eigenvalue weighted by atomic mass is 10.0. The van der Waals surface area contributed by atoms with E-state index >= 15 is 0 Å². The molecule has 1 rings (SSSR count). The summed E-state index contributed by atoms with van der Waals surface area (Å²) in [6.45, 7) is 0.111. The van der Waals surface area contributed by atoms with E-state index in [-0.39, 0.29) is 11.7 Å². The minimum Gasteiger partial charge on any atom is -0.394 e. The molecule has 7 nitrogen and oxygen atoms in total. The smallest absolute Gasteiger partial charge is 0.230 e. The largest absolute Gasteiger partial charge is 0.394 e. The highest BCUT2D eigenvalue weighted by Gasteiger charge is 2.43. The minimum atomic E-state index is -1.41. The van der Waals surface area contributed by atoms with Gasteiger partial charge in [0.2, 0.25) is 5.91 Å². The summed E-state index contributed by atoms with van der Waals surface area (Å²) in [5, 5.41) is 41.1. The zero-order valence-corrected chi connectivity index (χ0v) is 16.1. The molecule has 5 N–H and O–H groups in total. The zero-order chi connectivity index (χ0) is 17.9. The van der Waals surface area contributed by atoms with Crippen LogP contribution >= 0.6 is 35.3 Å². The van der Waals surface area contributed by atoms with Crippen LogP contribution in [0.5, 0.6) is 0 Å². The second kappa shape index (κ2) is 12.6. The molecule has 1 aliphatic heterocycles. The van der Waals surface area contributed by atoms with Crippen molar-refractivity contribution in [2.75, 3.05) is 42.4 Å². The summed E-state index contributed by atoms with van der Waals surface area (Å²) >= 11 is 4.66. The van der Waals surface area contributed by atoms with Gasteiger partial charge in [0.1, 0.15) is 29.9 Å². The highest BCUT2D eigenvalue weighted by molar-refractivity contribution is 8.00. The van der Waals surface area contributed by atoms with Crippen LogP contribution in [0.3, 0.4) is 0 Å². The number of hydrogen-bond acceptors (Lipinski definition) is 9. The van der Waals surface area contributed by atoms with Gasteiger partial charge in [-0.2, -0.15) is 23.5 Å². The number of amides is 1. The van der Waals surface area contributed by atoms with Crippen molar-refractivity contribution in [3.8, 4) is 0 Å². The van der Waals surface area contributed by atoms with Gasteiger partial charge in [-0.05, 0) is 24.2 Å². The molecule has 10 heteroatoms. The predicted molar refractivity (Wildman–Crippen MR) is 99.6 cm³/mol. The molecule has 142 valence electrons. The van der Waals surface area contributed by atoms with Gasteiger partial charge in [-0.3, -0.25) is 4.79 Å². The molecule has 1 heterocycles. The third-order valence-electron chi connectivity index (χ3n) is 3.43. The molecule has 3 unspecified atom stereocenters. The van der Waals surface area contributed by atoms with Gasteiger partial charge in [-0.15, -0.1) is 11.8 Å². The van der Waals surface area contributed by atoms with Crippen molar-refractivity contribution in [2.24, 2.45) is 0 Å². The van der Waals surface area contributed by atoms with Gasteiger partial charge in [0.25, 0.3) is 0 Å². The Morgan fingerprint density at radius 2 is 1.88 bits per heavy atom. The average Bonchev–Trinajstić information content (AvgIpc) is 2.58. The number of ether oxygens (including phenoxy) is 1. The van der Waals surface area contributed by atoms with Crippen molar-refractivity contribution in [2.45, 2.75) is 36.3 Å². The summed E-state index contributed by atoms with van der Waals surface area (Å²) in [6.07, 6.45) is -1.80. The highest BCUT2D eigenvalue weighted by Crippen LogP contribution is 2.28. The second-order valence-electron chi connectivity index (χ2n) is 5.32. The fourth-order valence-corrected chi connectivity index (χ4v) is 4.50. The van der Waals surface area contributed by atoms with E-state index in [9.17, 15) is 20.1 Å². The van der Waals surface area contributed by atoms with E-state index in [1.807, 2.05) is 11.8 Å². The number of nitrogens with one attached hydrogen (secondary N) is 1. The van der Waals surface area contributed by atoms with Crippen LogP contribution in [-0.2, 0) is 9.53 Å². The molecule has 24 heavy (non-hydrogen) atoms. The Morgan fingerprint density at radius 1 is 1.12 bits per heavy atom. The third kappa shape index (κ3) is 7.69. The van der Waals surface area contributed by atoms with Gasteiger partial charge in [0.15, 0.2) is 0 Å². The Morgan fingerprint density at radius 3 is 2.54 bits per heavy atom. The summed E-state index contributed by atoms with van der Waals surface area (Å²) in [5.74, 6) is 2.97. The maximum absolute atomic E-state index is 11.8. The summed E-state index contributed by atoms with van der Waals surface area (Å²) < 4.78 is 5.33. The Balaban J connectivity index is 2.19. The fraction of sp³-hybridized carbons (Fsp3) is 0.929.